The van der Waals surface area contributed by atoms with E-state index in [0.29, 0.717) is 9.23 Å². The van der Waals surface area contributed by atoms with Crippen molar-refractivity contribution in [2.75, 3.05) is 6.54 Å². The highest BCUT2D eigenvalue weighted by Crippen LogP contribution is 2.32. The van der Waals surface area contributed by atoms with Gasteiger partial charge in [-0.1, -0.05) is 53.8 Å². The number of primary amides is 1. The van der Waals surface area contributed by atoms with Gasteiger partial charge in [0.15, 0.2) is 0 Å². The van der Waals surface area contributed by atoms with Crippen LogP contribution in [0.25, 0.3) is 6.08 Å². The average molecular weight is 422 g/mol. The van der Waals surface area contributed by atoms with Crippen molar-refractivity contribution >= 4 is 58.1 Å². The van der Waals surface area contributed by atoms with Crippen LogP contribution < -0.4 is 11.1 Å². The van der Waals surface area contributed by atoms with Crippen molar-refractivity contribution in [3.8, 4) is 0 Å². The Labute approximate surface area is 171 Å². The summed E-state index contributed by atoms with van der Waals surface area (Å²) in [4.78, 5) is 48.2. The molecule has 1 atom stereocenters. The fourth-order valence-corrected chi connectivity index (χ4v) is 3.70. The molecule has 0 bridgehead atoms. The lowest BCUT2D eigenvalue weighted by atomic mass is 10.1. The Morgan fingerprint density at radius 2 is 1.96 bits per heavy atom. The van der Waals surface area contributed by atoms with Crippen LogP contribution >= 0.6 is 24.0 Å². The number of hydrogen-bond donors (Lipinski definition) is 3. The fraction of sp³-hybridized carbons (Fsp3) is 0.278. The lowest BCUT2D eigenvalue weighted by Crippen LogP contribution is -2.44. The number of amides is 3. The van der Waals surface area contributed by atoms with Crippen LogP contribution in [-0.4, -0.2) is 50.6 Å². The number of nitrogens with two attached hydrogens (primary N) is 1. The lowest BCUT2D eigenvalue weighted by Gasteiger charge is -2.16. The third-order valence-corrected chi connectivity index (χ3v) is 5.23. The second-order valence-corrected chi connectivity index (χ2v) is 7.80. The molecule has 0 aliphatic carbocycles. The summed E-state index contributed by atoms with van der Waals surface area (Å²) in [5, 5.41) is 11.2. The first-order valence-corrected chi connectivity index (χ1v) is 9.52. The number of hydrogen-bond acceptors (Lipinski definition) is 6. The molecule has 1 aromatic rings. The molecule has 0 radical (unpaired) electrons. The molecule has 3 amide bonds. The number of nitrogens with one attached hydrogen (secondary N) is 1. The minimum atomic E-state index is -1.40. The van der Waals surface area contributed by atoms with Gasteiger partial charge in [0.2, 0.25) is 11.8 Å². The molecule has 0 spiro atoms. The summed E-state index contributed by atoms with van der Waals surface area (Å²) in [7, 11) is 0. The highest BCUT2D eigenvalue weighted by atomic mass is 32.2. The molecular weight excluding hydrogens is 402 g/mol. The quantitative estimate of drug-likeness (QED) is 0.422. The van der Waals surface area contributed by atoms with E-state index in [1.807, 2.05) is 31.2 Å². The van der Waals surface area contributed by atoms with Crippen LogP contribution in [0.15, 0.2) is 29.2 Å². The van der Waals surface area contributed by atoms with Crippen molar-refractivity contribution in [3.05, 3.63) is 40.3 Å². The maximum atomic E-state index is 12.5. The van der Waals surface area contributed by atoms with E-state index in [0.717, 1.165) is 22.9 Å². The molecule has 10 heteroatoms. The van der Waals surface area contributed by atoms with E-state index < -0.39 is 30.2 Å². The molecule has 1 fully saturated rings. The zero-order valence-electron chi connectivity index (χ0n) is 15.0. The minimum absolute atomic E-state index is 0.00461. The van der Waals surface area contributed by atoms with Crippen LogP contribution in [0.4, 0.5) is 0 Å². The van der Waals surface area contributed by atoms with Crippen LogP contribution in [-0.2, 0) is 19.2 Å². The molecule has 0 saturated carbocycles. The smallest absolute Gasteiger partial charge is 0.326 e. The second kappa shape index (κ2) is 9.47. The molecule has 1 aliphatic rings. The van der Waals surface area contributed by atoms with E-state index in [1.165, 1.54) is 4.90 Å². The van der Waals surface area contributed by atoms with Crippen molar-refractivity contribution in [2.24, 2.45) is 5.73 Å². The summed E-state index contributed by atoms with van der Waals surface area (Å²) >= 11 is 6.35. The number of aryl methyl sites for hydroxylation is 1. The number of carbonyl (C=O) groups is 4. The number of benzene rings is 1. The van der Waals surface area contributed by atoms with Crippen molar-refractivity contribution < 1.29 is 24.3 Å². The van der Waals surface area contributed by atoms with E-state index in [2.05, 4.69) is 5.32 Å². The first-order chi connectivity index (χ1) is 13.2. The Morgan fingerprint density at radius 3 is 2.54 bits per heavy atom. The normalized spacial score (nSPS) is 16.3. The van der Waals surface area contributed by atoms with E-state index in [-0.39, 0.29) is 18.9 Å². The Kier molecular flexibility index (Phi) is 7.30. The Bertz CT molecular complexity index is 851. The monoisotopic (exact) mass is 421 g/mol. The van der Waals surface area contributed by atoms with Gasteiger partial charge in [0.25, 0.3) is 5.91 Å². The molecule has 0 aromatic heterocycles. The van der Waals surface area contributed by atoms with Crippen molar-refractivity contribution in [3.63, 3.8) is 0 Å². The largest absolute Gasteiger partial charge is 0.480 e. The predicted molar refractivity (Wildman–Crippen MR) is 109 cm³/mol. The van der Waals surface area contributed by atoms with Gasteiger partial charge in [0, 0.05) is 13.0 Å². The Balaban J connectivity index is 1.97. The highest BCUT2D eigenvalue weighted by molar-refractivity contribution is 8.26. The van der Waals surface area contributed by atoms with Gasteiger partial charge < -0.3 is 16.2 Å². The van der Waals surface area contributed by atoms with Crippen molar-refractivity contribution in [1.29, 1.82) is 0 Å². The van der Waals surface area contributed by atoms with Gasteiger partial charge in [-0.15, -0.1) is 0 Å². The Morgan fingerprint density at radius 1 is 1.32 bits per heavy atom. The van der Waals surface area contributed by atoms with E-state index in [4.69, 9.17) is 23.1 Å². The van der Waals surface area contributed by atoms with Gasteiger partial charge >= 0.3 is 5.97 Å². The summed E-state index contributed by atoms with van der Waals surface area (Å²) in [6, 6.07) is 6.24. The van der Waals surface area contributed by atoms with Gasteiger partial charge in [-0.25, -0.2) is 4.79 Å². The Hall–Kier alpha value is -2.72. The van der Waals surface area contributed by atoms with E-state index in [9.17, 15) is 19.2 Å². The fourth-order valence-electron chi connectivity index (χ4n) is 2.39. The molecule has 2 rings (SSSR count). The standard InChI is InChI=1S/C18H19N3O5S2/c1-10-2-4-11(5-3-10)8-13-16(24)21(18(27)28-13)7-6-15(23)20-12(17(25)26)9-14(19)22/h2-5,8,12H,6-7,9H2,1H3,(H2,19,22)(H,20,23)(H,25,26)/b13-8-. The number of carbonyl (C=O) groups excluding carboxylic acids is 3. The van der Waals surface area contributed by atoms with E-state index >= 15 is 0 Å². The first kappa shape index (κ1) is 21.6. The van der Waals surface area contributed by atoms with Gasteiger partial charge in [-0.3, -0.25) is 19.3 Å². The third-order valence-electron chi connectivity index (χ3n) is 3.85. The number of thioether (sulfide) groups is 1. The minimum Gasteiger partial charge on any atom is -0.480 e. The molecule has 1 aromatic carbocycles. The third kappa shape index (κ3) is 5.89. The maximum Gasteiger partial charge on any atom is 0.326 e. The number of nitrogens with zero attached hydrogens (tertiary/aromatic N) is 1. The number of rotatable bonds is 8. The number of thiocarbonyl (C=S) groups is 1. The topological polar surface area (TPSA) is 130 Å². The molecule has 4 N–H and O–H groups in total. The van der Waals surface area contributed by atoms with Crippen molar-refractivity contribution in [2.45, 2.75) is 25.8 Å². The van der Waals surface area contributed by atoms with Gasteiger partial charge in [-0.2, -0.15) is 0 Å². The zero-order chi connectivity index (χ0) is 20.8. The predicted octanol–water partition coefficient (Wildman–Crippen LogP) is 1.03. The number of carboxylic acids is 1. The molecule has 28 heavy (non-hydrogen) atoms. The SMILES string of the molecule is Cc1ccc(/C=C2\SC(=S)N(CCC(=O)NC(CC(N)=O)C(=O)O)C2=O)cc1. The van der Waals surface area contributed by atoms with Gasteiger partial charge in [0.05, 0.1) is 11.3 Å². The second-order valence-electron chi connectivity index (χ2n) is 6.12. The molecule has 8 nitrogen and oxygen atoms in total. The maximum absolute atomic E-state index is 12.5. The van der Waals surface area contributed by atoms with Crippen LogP contribution in [0.5, 0.6) is 0 Å². The van der Waals surface area contributed by atoms with E-state index in [1.54, 1.807) is 6.08 Å². The van der Waals surface area contributed by atoms with Crippen LogP contribution in [0.1, 0.15) is 24.0 Å². The molecule has 148 valence electrons. The highest BCUT2D eigenvalue weighted by Gasteiger charge is 2.32. The summed E-state index contributed by atoms with van der Waals surface area (Å²) in [6.45, 7) is 1.97. The summed E-state index contributed by atoms with van der Waals surface area (Å²) in [6.07, 6.45) is 1.06. The summed E-state index contributed by atoms with van der Waals surface area (Å²) < 4.78 is 0.322. The zero-order valence-corrected chi connectivity index (χ0v) is 16.6. The summed E-state index contributed by atoms with van der Waals surface area (Å²) in [5.74, 6) is -3.13. The molecule has 1 unspecified atom stereocenters. The molecule has 1 heterocycles. The van der Waals surface area contributed by atoms with Gasteiger partial charge in [0.1, 0.15) is 10.4 Å². The number of aliphatic carboxylic acids is 1. The van der Waals surface area contributed by atoms with Crippen LogP contribution in [0.3, 0.4) is 0 Å². The van der Waals surface area contributed by atoms with Gasteiger partial charge in [-0.05, 0) is 18.6 Å². The summed E-state index contributed by atoms with van der Waals surface area (Å²) in [5.41, 5.74) is 6.94. The van der Waals surface area contributed by atoms with Crippen LogP contribution in [0.2, 0.25) is 0 Å². The molecule has 1 saturated heterocycles. The lowest BCUT2D eigenvalue weighted by molar-refractivity contribution is -0.143. The molecular formula is C18H19N3O5S2. The average Bonchev–Trinajstić information content (AvgIpc) is 2.87. The van der Waals surface area contributed by atoms with Crippen LogP contribution in [0, 0.1) is 6.92 Å². The first-order valence-electron chi connectivity index (χ1n) is 8.30. The number of carboxylic acid groups (broad SMARTS) is 1. The molecule has 1 aliphatic heterocycles. The van der Waals surface area contributed by atoms with Crippen molar-refractivity contribution in [1.82, 2.24) is 10.2 Å².